The monoisotopic (exact) mass is 588 g/mol. The van der Waals surface area contributed by atoms with Crippen LogP contribution in [0.5, 0.6) is 0 Å². The zero-order valence-electron chi connectivity index (χ0n) is 18.3. The molecule has 3 aromatic rings. The van der Waals surface area contributed by atoms with Crippen molar-refractivity contribution in [3.05, 3.63) is 104 Å². The van der Waals surface area contributed by atoms with Crippen LogP contribution < -0.4 is 5.32 Å². The van der Waals surface area contributed by atoms with Crippen LogP contribution in [0.25, 0.3) is 0 Å². The van der Waals surface area contributed by atoms with E-state index in [0.717, 1.165) is 31.4 Å². The van der Waals surface area contributed by atoms with Crippen LogP contribution in [0.15, 0.2) is 87.8 Å². The molecular weight excluding hydrogens is 564 g/mol. The minimum Gasteiger partial charge on any atom is -0.357 e. The summed E-state index contributed by atoms with van der Waals surface area (Å²) in [4.78, 5) is 28.0. The molecule has 0 aromatic heterocycles. The minimum atomic E-state index is -0.596. The van der Waals surface area contributed by atoms with Crippen LogP contribution in [-0.2, 0) is 28.3 Å². The molecule has 0 radical (unpaired) electrons. The van der Waals surface area contributed by atoms with Crippen molar-refractivity contribution in [1.82, 2.24) is 10.2 Å². The van der Waals surface area contributed by atoms with Crippen molar-refractivity contribution < 1.29 is 9.59 Å². The van der Waals surface area contributed by atoms with Gasteiger partial charge < -0.3 is 10.2 Å². The summed E-state index contributed by atoms with van der Waals surface area (Å²) in [5.74, 6) is 0.815. The molecule has 0 unspecified atom stereocenters. The largest absolute Gasteiger partial charge is 0.357 e. The summed E-state index contributed by atoms with van der Waals surface area (Å²) in [7, 11) is 1.62. The van der Waals surface area contributed by atoms with Crippen molar-refractivity contribution in [3.8, 4) is 0 Å². The van der Waals surface area contributed by atoms with Gasteiger partial charge >= 0.3 is 0 Å². The predicted molar refractivity (Wildman–Crippen MR) is 143 cm³/mol. The third-order valence-corrected chi connectivity index (χ3v) is 7.24. The van der Waals surface area contributed by atoms with Gasteiger partial charge in [0.05, 0.1) is 5.75 Å². The molecule has 0 fully saturated rings. The van der Waals surface area contributed by atoms with Gasteiger partial charge in [-0.15, -0.1) is 11.8 Å². The van der Waals surface area contributed by atoms with Gasteiger partial charge in [-0.05, 0) is 41.0 Å². The Hall–Kier alpha value is -2.09. The highest BCUT2D eigenvalue weighted by Gasteiger charge is 2.29. The van der Waals surface area contributed by atoms with E-state index in [9.17, 15) is 9.59 Å². The topological polar surface area (TPSA) is 49.4 Å². The molecule has 2 amide bonds. The smallest absolute Gasteiger partial charge is 0.242 e. The number of benzene rings is 3. The quantitative estimate of drug-likeness (QED) is 0.324. The molecule has 0 spiro atoms. The van der Waals surface area contributed by atoms with E-state index < -0.39 is 6.04 Å². The second kappa shape index (κ2) is 13.0. The number of hydrogen-bond acceptors (Lipinski definition) is 3. The molecule has 0 heterocycles. The fourth-order valence-corrected chi connectivity index (χ4v) is 4.83. The zero-order valence-corrected chi connectivity index (χ0v) is 22.3. The Morgan fingerprint density at radius 2 is 1.42 bits per heavy atom. The van der Waals surface area contributed by atoms with Crippen molar-refractivity contribution in [2.45, 2.75) is 24.8 Å². The first kappa shape index (κ1) is 25.5. The normalized spacial score (nSPS) is 11.6. The lowest BCUT2D eigenvalue weighted by atomic mass is 10.0. The van der Waals surface area contributed by atoms with Crippen molar-refractivity contribution in [3.63, 3.8) is 0 Å². The Kier molecular flexibility index (Phi) is 10.0. The van der Waals surface area contributed by atoms with E-state index >= 15 is 0 Å². The number of carbonyl (C=O) groups is 2. The molecule has 0 bridgehead atoms. The maximum Gasteiger partial charge on any atom is 0.242 e. The van der Waals surface area contributed by atoms with Crippen LogP contribution in [0, 0.1) is 0 Å². The molecule has 4 nitrogen and oxygen atoms in total. The minimum absolute atomic E-state index is 0.0513. The van der Waals surface area contributed by atoms with E-state index in [4.69, 9.17) is 0 Å². The number of carbonyl (C=O) groups excluding carboxylic acids is 2. The molecular formula is C26H26Br2N2O2S. The molecule has 33 heavy (non-hydrogen) atoms. The SMILES string of the molecule is CNC(=O)[C@H](Cc1ccccc1)N(Cc1ccc(Br)cc1)C(=O)CSCc1ccc(Br)cc1. The fraction of sp³-hybridized carbons (Fsp3) is 0.231. The molecule has 0 aliphatic rings. The molecule has 0 aliphatic carbocycles. The van der Waals surface area contributed by atoms with Crippen molar-refractivity contribution >= 4 is 55.4 Å². The van der Waals surface area contributed by atoms with Crippen LogP contribution in [0.3, 0.4) is 0 Å². The molecule has 0 aliphatic heterocycles. The van der Waals surface area contributed by atoms with Crippen LogP contribution in [0.2, 0.25) is 0 Å². The van der Waals surface area contributed by atoms with Gasteiger partial charge in [-0.3, -0.25) is 9.59 Å². The van der Waals surface area contributed by atoms with Crippen LogP contribution >= 0.6 is 43.6 Å². The van der Waals surface area contributed by atoms with E-state index in [0.29, 0.717) is 18.7 Å². The summed E-state index contributed by atoms with van der Waals surface area (Å²) in [6.45, 7) is 0.371. The molecule has 1 atom stereocenters. The second-order valence-corrected chi connectivity index (χ2v) is 10.4. The molecule has 1 N–H and O–H groups in total. The first-order valence-electron chi connectivity index (χ1n) is 10.6. The highest BCUT2D eigenvalue weighted by molar-refractivity contribution is 9.10. The molecule has 0 saturated carbocycles. The van der Waals surface area contributed by atoms with Crippen molar-refractivity contribution in [1.29, 1.82) is 0 Å². The number of nitrogens with zero attached hydrogens (tertiary/aromatic N) is 1. The van der Waals surface area contributed by atoms with Gasteiger partial charge in [0.2, 0.25) is 11.8 Å². The molecule has 0 saturated heterocycles. The van der Waals surface area contributed by atoms with E-state index in [2.05, 4.69) is 37.2 Å². The lowest BCUT2D eigenvalue weighted by Gasteiger charge is -2.31. The number of amides is 2. The van der Waals surface area contributed by atoms with Crippen molar-refractivity contribution in [2.75, 3.05) is 12.8 Å². The lowest BCUT2D eigenvalue weighted by molar-refractivity contribution is -0.139. The fourth-order valence-electron chi connectivity index (χ4n) is 3.43. The summed E-state index contributed by atoms with van der Waals surface area (Å²) in [5.41, 5.74) is 3.15. The maximum atomic E-state index is 13.4. The molecule has 3 rings (SSSR count). The van der Waals surface area contributed by atoms with Gasteiger partial charge in [0.15, 0.2) is 0 Å². The van der Waals surface area contributed by atoms with Gasteiger partial charge in [-0.1, -0.05) is 86.5 Å². The Balaban J connectivity index is 1.79. The van der Waals surface area contributed by atoms with E-state index in [-0.39, 0.29) is 11.8 Å². The highest BCUT2D eigenvalue weighted by Crippen LogP contribution is 2.20. The van der Waals surface area contributed by atoms with Gasteiger partial charge in [-0.2, -0.15) is 0 Å². The van der Waals surface area contributed by atoms with Crippen molar-refractivity contribution in [2.24, 2.45) is 0 Å². The maximum absolute atomic E-state index is 13.4. The Morgan fingerprint density at radius 3 is 2.00 bits per heavy atom. The van der Waals surface area contributed by atoms with E-state index in [1.165, 1.54) is 0 Å². The standard InChI is InChI=1S/C26H26Br2N2O2S/c1-29-26(32)24(15-19-5-3-2-4-6-19)30(16-20-7-11-22(27)12-8-20)25(31)18-33-17-21-9-13-23(28)14-10-21/h2-14,24H,15-18H2,1H3,(H,29,32)/t24-/m0/s1. The van der Waals surface area contributed by atoms with Crippen LogP contribution in [0.4, 0.5) is 0 Å². The molecule has 3 aromatic carbocycles. The van der Waals surface area contributed by atoms with Crippen LogP contribution in [-0.4, -0.2) is 35.6 Å². The first-order chi connectivity index (χ1) is 16.0. The van der Waals surface area contributed by atoms with E-state index in [1.54, 1.807) is 23.7 Å². The average molecular weight is 590 g/mol. The Bertz CT molecular complexity index is 1040. The summed E-state index contributed by atoms with van der Waals surface area (Å²) < 4.78 is 2.00. The molecule has 7 heteroatoms. The van der Waals surface area contributed by atoms with Crippen LogP contribution in [0.1, 0.15) is 16.7 Å². The average Bonchev–Trinajstić information content (AvgIpc) is 2.83. The summed E-state index contributed by atoms with van der Waals surface area (Å²) in [6, 6.07) is 25.2. The number of rotatable bonds is 10. The predicted octanol–water partition coefficient (Wildman–Crippen LogP) is 5.83. The van der Waals surface area contributed by atoms with Gasteiger partial charge in [0.1, 0.15) is 6.04 Å². The number of nitrogens with one attached hydrogen (secondary N) is 1. The zero-order chi connectivity index (χ0) is 23.6. The molecule has 172 valence electrons. The third kappa shape index (κ3) is 8.02. The highest BCUT2D eigenvalue weighted by atomic mass is 79.9. The summed E-state index contributed by atoms with van der Waals surface area (Å²) >= 11 is 8.46. The number of halogens is 2. The van der Waals surface area contributed by atoms with Gasteiger partial charge in [0.25, 0.3) is 0 Å². The summed E-state index contributed by atoms with van der Waals surface area (Å²) in [6.07, 6.45) is 0.458. The first-order valence-corrected chi connectivity index (χ1v) is 13.3. The second-order valence-electron chi connectivity index (χ2n) is 7.59. The Morgan fingerprint density at radius 1 is 0.848 bits per heavy atom. The number of thioether (sulfide) groups is 1. The number of hydrogen-bond donors (Lipinski definition) is 1. The van der Waals surface area contributed by atoms with Gasteiger partial charge in [0, 0.05) is 34.7 Å². The lowest BCUT2D eigenvalue weighted by Crippen LogP contribution is -2.50. The van der Waals surface area contributed by atoms with E-state index in [1.807, 2.05) is 78.9 Å². The Labute approximate surface area is 216 Å². The van der Waals surface area contributed by atoms with Gasteiger partial charge in [-0.25, -0.2) is 0 Å². The summed E-state index contributed by atoms with van der Waals surface area (Å²) in [5, 5.41) is 2.75. The number of likely N-dealkylation sites (N-methyl/N-ethyl adjacent to an activating group) is 1. The third-order valence-electron chi connectivity index (χ3n) is 5.19.